The molecule has 5 nitrogen and oxygen atoms in total. The highest BCUT2D eigenvalue weighted by atomic mass is 79.9. The minimum Gasteiger partial charge on any atom is -0.508 e. The highest BCUT2D eigenvalue weighted by Gasteiger charge is 2.22. The van der Waals surface area contributed by atoms with Crippen molar-refractivity contribution < 1.29 is 17.9 Å². The lowest BCUT2D eigenvalue weighted by atomic mass is 10.1. The SMILES string of the molecule is Cc1cc(O)cc(C)c1NC(=[NH+]S(=O)(=O)c1ccc(Br)cc1)c1ccccc1. The molecule has 0 spiro atoms. The first kappa shape index (κ1) is 20.1. The minimum absolute atomic E-state index is 0.157. The molecule has 3 N–H and O–H groups in total. The average molecular weight is 460 g/mol. The normalized spacial score (nSPS) is 12.0. The molecule has 0 radical (unpaired) electrons. The van der Waals surface area contributed by atoms with E-state index in [-0.39, 0.29) is 10.6 Å². The van der Waals surface area contributed by atoms with Crippen LogP contribution >= 0.6 is 15.9 Å². The van der Waals surface area contributed by atoms with E-state index in [1.807, 2.05) is 44.2 Å². The van der Waals surface area contributed by atoms with E-state index in [2.05, 4.69) is 25.6 Å². The number of halogens is 1. The van der Waals surface area contributed by atoms with Crippen LogP contribution in [0.1, 0.15) is 16.7 Å². The molecule has 0 aliphatic carbocycles. The molecule has 0 saturated carbocycles. The summed E-state index contributed by atoms with van der Waals surface area (Å²) >= 11 is 3.31. The van der Waals surface area contributed by atoms with E-state index >= 15 is 0 Å². The summed E-state index contributed by atoms with van der Waals surface area (Å²) in [6, 6.07) is 18.8. The highest BCUT2D eigenvalue weighted by Crippen LogP contribution is 2.25. The van der Waals surface area contributed by atoms with E-state index in [9.17, 15) is 13.5 Å². The van der Waals surface area contributed by atoms with Crippen LogP contribution in [-0.4, -0.2) is 19.4 Å². The summed E-state index contributed by atoms with van der Waals surface area (Å²) in [6.45, 7) is 3.70. The van der Waals surface area contributed by atoms with Crippen molar-refractivity contribution in [3.05, 3.63) is 87.9 Å². The third-order valence-electron chi connectivity index (χ3n) is 4.19. The molecule has 28 heavy (non-hydrogen) atoms. The van der Waals surface area contributed by atoms with Gasteiger partial charge in [-0.2, -0.15) is 12.8 Å². The van der Waals surface area contributed by atoms with E-state index in [0.717, 1.165) is 21.3 Å². The maximum Gasteiger partial charge on any atom is 0.328 e. The smallest absolute Gasteiger partial charge is 0.328 e. The lowest BCUT2D eigenvalue weighted by Crippen LogP contribution is -2.78. The lowest BCUT2D eigenvalue weighted by molar-refractivity contribution is -0.266. The summed E-state index contributed by atoms with van der Waals surface area (Å²) in [5, 5.41) is 13.0. The van der Waals surface area contributed by atoms with Crippen molar-refractivity contribution in [3.63, 3.8) is 0 Å². The monoisotopic (exact) mass is 459 g/mol. The third-order valence-corrected chi connectivity index (χ3v) is 6.08. The molecule has 0 aliphatic rings. The highest BCUT2D eigenvalue weighted by molar-refractivity contribution is 9.10. The Hall–Kier alpha value is -2.64. The second-order valence-electron chi connectivity index (χ2n) is 6.38. The Labute approximate surface area is 173 Å². The van der Waals surface area contributed by atoms with E-state index in [0.29, 0.717) is 11.4 Å². The summed E-state index contributed by atoms with van der Waals surface area (Å²) in [6.07, 6.45) is 0. The first-order valence-electron chi connectivity index (χ1n) is 8.54. The largest absolute Gasteiger partial charge is 0.508 e. The molecule has 3 aromatic rings. The third kappa shape index (κ3) is 4.61. The summed E-state index contributed by atoms with van der Waals surface area (Å²) in [7, 11) is -3.80. The van der Waals surface area contributed by atoms with Crippen LogP contribution in [-0.2, 0) is 10.0 Å². The Balaban J connectivity index is 2.11. The second-order valence-corrected chi connectivity index (χ2v) is 8.98. The van der Waals surface area contributed by atoms with Crippen LogP contribution in [0.4, 0.5) is 5.69 Å². The van der Waals surface area contributed by atoms with Crippen LogP contribution in [0.2, 0.25) is 0 Å². The van der Waals surface area contributed by atoms with Gasteiger partial charge in [-0.25, -0.2) is 5.32 Å². The van der Waals surface area contributed by atoms with Crippen LogP contribution in [0, 0.1) is 13.8 Å². The maximum atomic E-state index is 12.9. The van der Waals surface area contributed by atoms with Crippen molar-refractivity contribution in [2.75, 3.05) is 5.32 Å². The zero-order valence-corrected chi connectivity index (χ0v) is 17.8. The zero-order chi connectivity index (χ0) is 20.3. The number of hydrogen-bond acceptors (Lipinski definition) is 3. The van der Waals surface area contributed by atoms with Gasteiger partial charge < -0.3 is 5.11 Å². The molecule has 3 aromatic carbocycles. The van der Waals surface area contributed by atoms with Gasteiger partial charge in [0.2, 0.25) is 0 Å². The number of aryl methyl sites for hydroxylation is 2. The first-order chi connectivity index (χ1) is 13.3. The number of phenols is 1. The fourth-order valence-corrected chi connectivity index (χ4v) is 4.15. The summed E-state index contributed by atoms with van der Waals surface area (Å²) in [4.78, 5) is 0.157. The predicted molar refractivity (Wildman–Crippen MR) is 114 cm³/mol. The molecule has 0 aromatic heterocycles. The molecule has 0 amide bonds. The van der Waals surface area contributed by atoms with Crippen molar-refractivity contribution in [1.82, 2.24) is 0 Å². The van der Waals surface area contributed by atoms with Gasteiger partial charge in [-0.15, -0.1) is 0 Å². The van der Waals surface area contributed by atoms with E-state index in [1.54, 1.807) is 24.3 Å². The van der Waals surface area contributed by atoms with Crippen molar-refractivity contribution in [1.29, 1.82) is 0 Å². The van der Waals surface area contributed by atoms with E-state index in [1.165, 1.54) is 12.1 Å². The molecule has 3 rings (SSSR count). The Bertz CT molecular complexity index is 1100. The van der Waals surface area contributed by atoms with Gasteiger partial charge in [0.15, 0.2) is 0 Å². The predicted octanol–water partition coefficient (Wildman–Crippen LogP) is 3.10. The van der Waals surface area contributed by atoms with Crippen LogP contribution < -0.4 is 9.71 Å². The number of nitrogens with one attached hydrogen (secondary N) is 2. The van der Waals surface area contributed by atoms with Gasteiger partial charge in [-0.1, -0.05) is 34.1 Å². The number of aromatic hydroxyl groups is 1. The van der Waals surface area contributed by atoms with Crippen molar-refractivity contribution in [2.45, 2.75) is 18.7 Å². The molecule has 0 heterocycles. The number of sulfonamides is 1. The molecular formula is C21H20BrN2O3S+. The molecule has 0 saturated heterocycles. The Morgan fingerprint density at radius 3 is 2.11 bits per heavy atom. The second kappa shape index (κ2) is 8.16. The number of hydrogen-bond donors (Lipinski definition) is 3. The molecule has 7 heteroatoms. The van der Waals surface area contributed by atoms with Gasteiger partial charge in [0.1, 0.15) is 16.3 Å². The summed E-state index contributed by atoms with van der Waals surface area (Å²) in [5.41, 5.74) is 3.02. The fraction of sp³-hybridized carbons (Fsp3) is 0.0952. The number of anilines is 1. The van der Waals surface area contributed by atoms with Gasteiger partial charge >= 0.3 is 10.0 Å². The van der Waals surface area contributed by atoms with Gasteiger partial charge in [-0.05, 0) is 73.5 Å². The topological polar surface area (TPSA) is 80.4 Å². The van der Waals surface area contributed by atoms with Crippen LogP contribution in [0.15, 0.2) is 76.1 Å². The van der Waals surface area contributed by atoms with E-state index in [4.69, 9.17) is 0 Å². The number of phenolic OH excluding ortho intramolecular Hbond substituents is 1. The van der Waals surface area contributed by atoms with Gasteiger partial charge in [0, 0.05) is 4.47 Å². The van der Waals surface area contributed by atoms with E-state index < -0.39 is 10.0 Å². The fourth-order valence-electron chi connectivity index (χ4n) is 2.83. The molecule has 0 atom stereocenters. The minimum atomic E-state index is -3.80. The Morgan fingerprint density at radius 1 is 0.964 bits per heavy atom. The molecule has 0 unspecified atom stereocenters. The zero-order valence-electron chi connectivity index (χ0n) is 15.4. The Kier molecular flexibility index (Phi) is 5.86. The average Bonchev–Trinajstić information content (AvgIpc) is 2.64. The molecule has 0 aliphatic heterocycles. The van der Waals surface area contributed by atoms with Gasteiger partial charge in [0.05, 0.1) is 5.56 Å². The van der Waals surface area contributed by atoms with Crippen molar-refractivity contribution in [3.8, 4) is 5.75 Å². The maximum absolute atomic E-state index is 12.9. The van der Waals surface area contributed by atoms with Crippen LogP contribution in [0.25, 0.3) is 0 Å². The number of rotatable bonds is 4. The number of amidine groups is 1. The standard InChI is InChI=1S/C21H19BrN2O3S/c1-14-12-18(25)13-15(2)20(14)23-21(16-6-4-3-5-7-16)24-28(26,27)19-10-8-17(22)9-11-19/h3-13,25H,1-2H3,(H,23,24)/p+1. The van der Waals surface area contributed by atoms with Crippen LogP contribution in [0.5, 0.6) is 5.75 Å². The number of benzene rings is 3. The molecule has 0 bridgehead atoms. The molecule has 0 fully saturated rings. The van der Waals surface area contributed by atoms with Gasteiger partial charge in [-0.3, -0.25) is 0 Å². The summed E-state index contributed by atoms with van der Waals surface area (Å²) in [5.74, 6) is 0.498. The quantitative estimate of drug-likeness (QED) is 0.318. The first-order valence-corrected chi connectivity index (χ1v) is 10.8. The lowest BCUT2D eigenvalue weighted by Gasteiger charge is -2.10. The van der Waals surface area contributed by atoms with Crippen molar-refractivity contribution >= 4 is 37.5 Å². The van der Waals surface area contributed by atoms with Crippen molar-refractivity contribution in [2.24, 2.45) is 0 Å². The molecular weight excluding hydrogens is 440 g/mol. The van der Waals surface area contributed by atoms with Crippen LogP contribution in [0.3, 0.4) is 0 Å². The van der Waals surface area contributed by atoms with Gasteiger partial charge in [0.25, 0.3) is 5.84 Å². The summed E-state index contributed by atoms with van der Waals surface area (Å²) < 4.78 is 29.3. The Morgan fingerprint density at radius 2 is 1.54 bits per heavy atom. The molecule has 144 valence electrons.